The Morgan fingerprint density at radius 2 is 2.32 bits per heavy atom. The first-order chi connectivity index (χ1) is 9.09. The number of benzene rings is 1. The van der Waals surface area contributed by atoms with E-state index in [1.807, 2.05) is 18.2 Å². The second-order valence-corrected chi connectivity index (χ2v) is 5.16. The summed E-state index contributed by atoms with van der Waals surface area (Å²) in [5.41, 5.74) is 1.34. The van der Waals surface area contributed by atoms with Crippen molar-refractivity contribution in [2.45, 2.75) is 31.2 Å². The average Bonchev–Trinajstić information content (AvgIpc) is 2.83. The molecule has 1 aliphatic carbocycles. The highest BCUT2D eigenvalue weighted by Gasteiger charge is 2.33. The Morgan fingerprint density at radius 3 is 3.00 bits per heavy atom. The Labute approximate surface area is 113 Å². The molecular weight excluding hydrogens is 240 g/mol. The number of nitrogens with zero attached hydrogens (tertiary/aromatic N) is 1. The van der Waals surface area contributed by atoms with Gasteiger partial charge in [0.25, 0.3) is 0 Å². The molecule has 4 heteroatoms. The molecule has 1 aromatic rings. The van der Waals surface area contributed by atoms with Crippen LogP contribution in [0.3, 0.4) is 0 Å². The SMILES string of the molecule is COCC(C)(C#N)NC(=O)C1CCc2ccccc21. The van der Waals surface area contributed by atoms with Crippen LogP contribution in [0.5, 0.6) is 0 Å². The standard InChI is InChI=1S/C15H18N2O2/c1-15(9-16,10-19-2)17-14(18)13-8-7-11-5-3-4-6-12(11)13/h3-6,13H,7-8,10H2,1-2H3,(H,17,18). The van der Waals surface area contributed by atoms with Crippen LogP contribution in [0.4, 0.5) is 0 Å². The summed E-state index contributed by atoms with van der Waals surface area (Å²) >= 11 is 0. The molecule has 2 atom stereocenters. The monoisotopic (exact) mass is 258 g/mol. The van der Waals surface area contributed by atoms with Crippen LogP contribution in [0.2, 0.25) is 0 Å². The summed E-state index contributed by atoms with van der Waals surface area (Å²) in [4.78, 5) is 12.3. The zero-order valence-corrected chi connectivity index (χ0v) is 11.3. The van der Waals surface area contributed by atoms with Crippen LogP contribution in [-0.2, 0) is 16.0 Å². The summed E-state index contributed by atoms with van der Waals surface area (Å²) < 4.78 is 4.99. The number of nitrogens with one attached hydrogen (secondary N) is 1. The minimum Gasteiger partial charge on any atom is -0.381 e. The van der Waals surface area contributed by atoms with E-state index in [0.717, 1.165) is 18.4 Å². The molecule has 2 rings (SSSR count). The van der Waals surface area contributed by atoms with E-state index < -0.39 is 5.54 Å². The molecule has 0 aliphatic heterocycles. The van der Waals surface area contributed by atoms with Crippen LogP contribution in [0, 0.1) is 11.3 Å². The maximum Gasteiger partial charge on any atom is 0.228 e. The molecule has 1 aromatic carbocycles. The van der Waals surface area contributed by atoms with Gasteiger partial charge in [0.05, 0.1) is 18.6 Å². The molecular formula is C15H18N2O2. The molecule has 4 nitrogen and oxygen atoms in total. The zero-order chi connectivity index (χ0) is 13.9. The normalized spacial score (nSPS) is 20.2. The van der Waals surface area contributed by atoms with Gasteiger partial charge in [0.1, 0.15) is 5.54 Å². The first-order valence-corrected chi connectivity index (χ1v) is 6.39. The molecule has 0 aromatic heterocycles. The molecule has 1 N–H and O–H groups in total. The second-order valence-electron chi connectivity index (χ2n) is 5.16. The summed E-state index contributed by atoms with van der Waals surface area (Å²) in [5.74, 6) is -0.244. The number of carbonyl (C=O) groups excluding carboxylic acids is 1. The lowest BCUT2D eigenvalue weighted by atomic mass is 9.98. The fourth-order valence-electron chi connectivity index (χ4n) is 2.57. The van der Waals surface area contributed by atoms with Crippen LogP contribution in [0.15, 0.2) is 24.3 Å². The summed E-state index contributed by atoms with van der Waals surface area (Å²) in [5, 5.41) is 12.0. The molecule has 0 spiro atoms. The van der Waals surface area contributed by atoms with Crippen molar-refractivity contribution in [3.05, 3.63) is 35.4 Å². The minimum atomic E-state index is -0.969. The van der Waals surface area contributed by atoms with E-state index in [9.17, 15) is 4.79 Å². The molecule has 0 radical (unpaired) electrons. The smallest absolute Gasteiger partial charge is 0.228 e. The van der Waals surface area contributed by atoms with Crippen LogP contribution < -0.4 is 5.32 Å². The van der Waals surface area contributed by atoms with E-state index in [0.29, 0.717) is 0 Å². The molecule has 0 saturated carbocycles. The van der Waals surface area contributed by atoms with Gasteiger partial charge >= 0.3 is 0 Å². The van der Waals surface area contributed by atoms with Gasteiger partial charge in [-0.15, -0.1) is 0 Å². The van der Waals surface area contributed by atoms with Gasteiger partial charge in [-0.1, -0.05) is 24.3 Å². The van der Waals surface area contributed by atoms with E-state index >= 15 is 0 Å². The van der Waals surface area contributed by atoms with Crippen molar-refractivity contribution in [2.75, 3.05) is 13.7 Å². The highest BCUT2D eigenvalue weighted by molar-refractivity contribution is 5.85. The summed E-state index contributed by atoms with van der Waals surface area (Å²) in [6.07, 6.45) is 1.72. The first-order valence-electron chi connectivity index (χ1n) is 6.39. The lowest BCUT2D eigenvalue weighted by Crippen LogP contribution is -2.49. The third kappa shape index (κ3) is 2.77. The van der Waals surface area contributed by atoms with Crippen LogP contribution in [0.25, 0.3) is 0 Å². The molecule has 1 aliphatic rings. The van der Waals surface area contributed by atoms with Crippen LogP contribution in [-0.4, -0.2) is 25.2 Å². The van der Waals surface area contributed by atoms with Crippen molar-refractivity contribution < 1.29 is 9.53 Å². The highest BCUT2D eigenvalue weighted by atomic mass is 16.5. The van der Waals surface area contributed by atoms with Crippen LogP contribution in [0.1, 0.15) is 30.4 Å². The molecule has 2 unspecified atom stereocenters. The second kappa shape index (κ2) is 5.41. The third-order valence-electron chi connectivity index (χ3n) is 3.53. The van der Waals surface area contributed by atoms with Gasteiger partial charge in [-0.05, 0) is 30.9 Å². The van der Waals surface area contributed by atoms with Gasteiger partial charge in [0.15, 0.2) is 0 Å². The maximum absolute atomic E-state index is 12.3. The fourth-order valence-corrected chi connectivity index (χ4v) is 2.57. The largest absolute Gasteiger partial charge is 0.381 e. The Balaban J connectivity index is 2.12. The van der Waals surface area contributed by atoms with E-state index in [2.05, 4.69) is 17.5 Å². The quantitative estimate of drug-likeness (QED) is 0.895. The van der Waals surface area contributed by atoms with Crippen molar-refractivity contribution in [3.63, 3.8) is 0 Å². The van der Waals surface area contributed by atoms with E-state index in [-0.39, 0.29) is 18.4 Å². The van der Waals surface area contributed by atoms with Gasteiger partial charge in [0.2, 0.25) is 5.91 Å². The van der Waals surface area contributed by atoms with E-state index in [4.69, 9.17) is 10.00 Å². The number of carbonyl (C=O) groups is 1. The number of rotatable bonds is 4. The summed E-state index contributed by atoms with van der Waals surface area (Å²) in [7, 11) is 1.52. The summed E-state index contributed by atoms with van der Waals surface area (Å²) in [6.45, 7) is 1.86. The molecule has 1 amide bonds. The van der Waals surface area contributed by atoms with Gasteiger partial charge in [0, 0.05) is 7.11 Å². The predicted molar refractivity (Wildman–Crippen MR) is 71.5 cm³/mol. The Hall–Kier alpha value is -1.86. The van der Waals surface area contributed by atoms with Crippen molar-refractivity contribution in [2.24, 2.45) is 0 Å². The molecule has 19 heavy (non-hydrogen) atoms. The first kappa shape index (κ1) is 13.6. The lowest BCUT2D eigenvalue weighted by Gasteiger charge is -2.24. The van der Waals surface area contributed by atoms with Crippen molar-refractivity contribution in [1.82, 2.24) is 5.32 Å². The third-order valence-corrected chi connectivity index (χ3v) is 3.53. The maximum atomic E-state index is 12.3. The minimum absolute atomic E-state index is 0.0916. The number of methoxy groups -OCH3 is 1. The number of fused-ring (bicyclic) bond motifs is 1. The molecule has 100 valence electrons. The Morgan fingerprint density at radius 1 is 1.58 bits per heavy atom. The molecule has 0 fully saturated rings. The fraction of sp³-hybridized carbons (Fsp3) is 0.467. The molecule has 0 bridgehead atoms. The number of aryl methyl sites for hydroxylation is 1. The molecule has 0 saturated heterocycles. The zero-order valence-electron chi connectivity index (χ0n) is 11.3. The van der Waals surface area contributed by atoms with Crippen LogP contribution >= 0.6 is 0 Å². The van der Waals surface area contributed by atoms with Crippen molar-refractivity contribution >= 4 is 5.91 Å². The predicted octanol–water partition coefficient (Wildman–Crippen LogP) is 1.76. The topological polar surface area (TPSA) is 62.1 Å². The highest BCUT2D eigenvalue weighted by Crippen LogP contribution is 2.33. The number of hydrogen-bond donors (Lipinski definition) is 1. The Kier molecular flexibility index (Phi) is 3.87. The van der Waals surface area contributed by atoms with E-state index in [1.165, 1.54) is 12.7 Å². The van der Waals surface area contributed by atoms with Gasteiger partial charge in [-0.25, -0.2) is 0 Å². The number of nitriles is 1. The lowest BCUT2D eigenvalue weighted by molar-refractivity contribution is -0.124. The van der Waals surface area contributed by atoms with Gasteiger partial charge < -0.3 is 10.1 Å². The van der Waals surface area contributed by atoms with E-state index in [1.54, 1.807) is 6.92 Å². The number of ether oxygens (including phenoxy) is 1. The average molecular weight is 258 g/mol. The number of hydrogen-bond acceptors (Lipinski definition) is 3. The Bertz CT molecular complexity index is 521. The summed E-state index contributed by atoms with van der Waals surface area (Å²) in [6, 6.07) is 10.1. The van der Waals surface area contributed by atoms with Gasteiger partial charge in [-0.2, -0.15) is 5.26 Å². The van der Waals surface area contributed by atoms with Gasteiger partial charge in [-0.3, -0.25) is 4.79 Å². The number of amides is 1. The van der Waals surface area contributed by atoms with Crippen molar-refractivity contribution in [3.8, 4) is 6.07 Å². The molecule has 0 heterocycles. The van der Waals surface area contributed by atoms with Crippen molar-refractivity contribution in [1.29, 1.82) is 5.26 Å².